The molecule has 1 N–H and O–H groups in total. The standard InChI is InChI=1S/C13H17FO2/c1-9(15)10-2-5-13(8-10)16-12-6-3-11(14)4-7-12/h3-4,6-7,9-10,13,15H,2,5,8H2,1H3. The number of aliphatic hydroxyl groups excluding tert-OH is 1. The molecule has 0 heterocycles. The minimum Gasteiger partial charge on any atom is -0.490 e. The Bertz CT molecular complexity index is 334. The Labute approximate surface area is 95.1 Å². The average Bonchev–Trinajstić information content (AvgIpc) is 2.70. The normalized spacial score (nSPS) is 26.7. The van der Waals surface area contributed by atoms with Crippen molar-refractivity contribution in [2.75, 3.05) is 0 Å². The fourth-order valence-electron chi connectivity index (χ4n) is 2.22. The Balaban J connectivity index is 1.89. The number of ether oxygens (including phenoxy) is 1. The third-order valence-electron chi connectivity index (χ3n) is 3.22. The molecule has 0 amide bonds. The smallest absolute Gasteiger partial charge is 0.123 e. The number of halogens is 1. The third-order valence-corrected chi connectivity index (χ3v) is 3.22. The van der Waals surface area contributed by atoms with Gasteiger partial charge in [-0.1, -0.05) is 0 Å². The first-order valence-corrected chi connectivity index (χ1v) is 5.75. The maximum absolute atomic E-state index is 12.7. The van der Waals surface area contributed by atoms with Crippen LogP contribution < -0.4 is 4.74 Å². The Kier molecular flexibility index (Phi) is 3.44. The van der Waals surface area contributed by atoms with E-state index < -0.39 is 0 Å². The lowest BCUT2D eigenvalue weighted by Gasteiger charge is -2.15. The van der Waals surface area contributed by atoms with Crippen LogP contribution in [-0.4, -0.2) is 17.3 Å². The molecule has 3 atom stereocenters. The van der Waals surface area contributed by atoms with Gasteiger partial charge in [-0.3, -0.25) is 0 Å². The monoisotopic (exact) mass is 224 g/mol. The van der Waals surface area contributed by atoms with Crippen LogP contribution in [0.2, 0.25) is 0 Å². The summed E-state index contributed by atoms with van der Waals surface area (Å²) in [5.41, 5.74) is 0. The van der Waals surface area contributed by atoms with Gasteiger partial charge >= 0.3 is 0 Å². The fourth-order valence-corrected chi connectivity index (χ4v) is 2.22. The molecule has 16 heavy (non-hydrogen) atoms. The second-order valence-corrected chi connectivity index (χ2v) is 4.51. The predicted molar refractivity (Wildman–Crippen MR) is 59.8 cm³/mol. The van der Waals surface area contributed by atoms with Gasteiger partial charge in [-0.2, -0.15) is 0 Å². The Hall–Kier alpha value is -1.09. The lowest BCUT2D eigenvalue weighted by Crippen LogP contribution is -2.17. The van der Waals surface area contributed by atoms with Crippen molar-refractivity contribution in [3.63, 3.8) is 0 Å². The Morgan fingerprint density at radius 1 is 1.31 bits per heavy atom. The van der Waals surface area contributed by atoms with Crippen molar-refractivity contribution in [1.29, 1.82) is 0 Å². The third kappa shape index (κ3) is 2.73. The Morgan fingerprint density at radius 3 is 2.56 bits per heavy atom. The lowest BCUT2D eigenvalue weighted by atomic mass is 10.0. The first-order chi connectivity index (χ1) is 7.65. The van der Waals surface area contributed by atoms with Crippen LogP contribution in [0.25, 0.3) is 0 Å². The van der Waals surface area contributed by atoms with Crippen molar-refractivity contribution in [2.45, 2.75) is 38.4 Å². The van der Waals surface area contributed by atoms with Crippen LogP contribution in [0.5, 0.6) is 5.75 Å². The van der Waals surface area contributed by atoms with E-state index in [0.29, 0.717) is 11.7 Å². The van der Waals surface area contributed by atoms with E-state index in [2.05, 4.69) is 0 Å². The van der Waals surface area contributed by atoms with Crippen molar-refractivity contribution in [3.05, 3.63) is 30.1 Å². The van der Waals surface area contributed by atoms with E-state index >= 15 is 0 Å². The van der Waals surface area contributed by atoms with Gasteiger partial charge in [0.1, 0.15) is 11.6 Å². The second-order valence-electron chi connectivity index (χ2n) is 4.51. The molecular weight excluding hydrogens is 207 g/mol. The first kappa shape index (κ1) is 11.4. The van der Waals surface area contributed by atoms with Gasteiger partial charge < -0.3 is 9.84 Å². The van der Waals surface area contributed by atoms with E-state index in [4.69, 9.17) is 4.74 Å². The summed E-state index contributed by atoms with van der Waals surface area (Å²) in [6.45, 7) is 1.82. The maximum atomic E-state index is 12.7. The molecule has 1 fully saturated rings. The molecule has 3 heteroatoms. The highest BCUT2D eigenvalue weighted by Gasteiger charge is 2.28. The molecule has 0 aliphatic heterocycles. The summed E-state index contributed by atoms with van der Waals surface area (Å²) in [7, 11) is 0. The number of rotatable bonds is 3. The lowest BCUT2D eigenvalue weighted by molar-refractivity contribution is 0.117. The predicted octanol–water partition coefficient (Wildman–Crippen LogP) is 2.75. The van der Waals surface area contributed by atoms with Gasteiger partial charge in [0.05, 0.1) is 12.2 Å². The highest BCUT2D eigenvalue weighted by molar-refractivity contribution is 5.22. The summed E-state index contributed by atoms with van der Waals surface area (Å²) < 4.78 is 18.4. The molecule has 3 unspecified atom stereocenters. The molecule has 0 spiro atoms. The van der Waals surface area contributed by atoms with Crippen LogP contribution in [0.4, 0.5) is 4.39 Å². The zero-order chi connectivity index (χ0) is 11.5. The van der Waals surface area contributed by atoms with Crippen LogP contribution in [-0.2, 0) is 0 Å². The molecule has 1 aliphatic rings. The van der Waals surface area contributed by atoms with Crippen molar-refractivity contribution < 1.29 is 14.2 Å². The van der Waals surface area contributed by atoms with Gasteiger partial charge in [-0.25, -0.2) is 4.39 Å². The van der Waals surface area contributed by atoms with Crippen molar-refractivity contribution in [1.82, 2.24) is 0 Å². The molecule has 0 bridgehead atoms. The van der Waals surface area contributed by atoms with E-state index in [1.54, 1.807) is 12.1 Å². The van der Waals surface area contributed by atoms with Crippen molar-refractivity contribution >= 4 is 0 Å². The van der Waals surface area contributed by atoms with Gasteiger partial charge in [0.2, 0.25) is 0 Å². The van der Waals surface area contributed by atoms with Gasteiger partial charge in [-0.05, 0) is 56.4 Å². The molecule has 2 nitrogen and oxygen atoms in total. The van der Waals surface area contributed by atoms with E-state index in [-0.39, 0.29) is 18.0 Å². The molecule has 1 saturated carbocycles. The average molecular weight is 224 g/mol. The summed E-state index contributed by atoms with van der Waals surface area (Å²) in [4.78, 5) is 0. The minimum atomic E-state index is -0.262. The van der Waals surface area contributed by atoms with Crippen LogP contribution in [0.1, 0.15) is 26.2 Å². The zero-order valence-electron chi connectivity index (χ0n) is 9.40. The highest BCUT2D eigenvalue weighted by atomic mass is 19.1. The molecule has 0 radical (unpaired) electrons. The van der Waals surface area contributed by atoms with Gasteiger partial charge in [0, 0.05) is 0 Å². The molecular formula is C13H17FO2. The molecule has 1 aromatic carbocycles. The fraction of sp³-hybridized carbons (Fsp3) is 0.538. The zero-order valence-corrected chi connectivity index (χ0v) is 9.40. The molecule has 0 saturated heterocycles. The van der Waals surface area contributed by atoms with E-state index in [9.17, 15) is 9.50 Å². The van der Waals surface area contributed by atoms with Crippen molar-refractivity contribution in [3.8, 4) is 5.75 Å². The van der Waals surface area contributed by atoms with Gasteiger partial charge in [0.15, 0.2) is 0 Å². The summed E-state index contributed by atoms with van der Waals surface area (Å²) in [6, 6.07) is 6.09. The van der Waals surface area contributed by atoms with Crippen LogP contribution >= 0.6 is 0 Å². The number of hydrogen-bond acceptors (Lipinski definition) is 2. The summed E-state index contributed by atoms with van der Waals surface area (Å²) in [5.74, 6) is 0.795. The molecule has 1 aliphatic carbocycles. The quantitative estimate of drug-likeness (QED) is 0.855. The van der Waals surface area contributed by atoms with E-state index in [1.807, 2.05) is 6.92 Å². The maximum Gasteiger partial charge on any atom is 0.123 e. The summed E-state index contributed by atoms with van der Waals surface area (Å²) in [5, 5.41) is 9.47. The van der Waals surface area contributed by atoms with Crippen LogP contribution in [0.3, 0.4) is 0 Å². The minimum absolute atomic E-state index is 0.157. The van der Waals surface area contributed by atoms with Crippen LogP contribution in [0.15, 0.2) is 24.3 Å². The highest BCUT2D eigenvalue weighted by Crippen LogP contribution is 2.31. The van der Waals surface area contributed by atoms with Crippen LogP contribution in [0, 0.1) is 11.7 Å². The molecule has 88 valence electrons. The second kappa shape index (κ2) is 4.83. The van der Waals surface area contributed by atoms with Gasteiger partial charge in [0.25, 0.3) is 0 Å². The summed E-state index contributed by atoms with van der Waals surface area (Å²) >= 11 is 0. The van der Waals surface area contributed by atoms with E-state index in [0.717, 1.165) is 19.3 Å². The number of hydrogen-bond donors (Lipinski definition) is 1. The van der Waals surface area contributed by atoms with Gasteiger partial charge in [-0.15, -0.1) is 0 Å². The molecule has 2 rings (SSSR count). The Morgan fingerprint density at radius 2 is 2.00 bits per heavy atom. The SMILES string of the molecule is CC(O)C1CCC(Oc2ccc(F)cc2)C1. The van der Waals surface area contributed by atoms with E-state index in [1.165, 1.54) is 12.1 Å². The molecule has 1 aromatic rings. The number of aliphatic hydroxyl groups is 1. The molecule has 0 aromatic heterocycles. The van der Waals surface area contributed by atoms with Crippen molar-refractivity contribution in [2.24, 2.45) is 5.92 Å². The number of benzene rings is 1. The topological polar surface area (TPSA) is 29.5 Å². The first-order valence-electron chi connectivity index (χ1n) is 5.75. The summed E-state index contributed by atoms with van der Waals surface area (Å²) in [6.07, 6.45) is 2.75. The largest absolute Gasteiger partial charge is 0.490 e.